The number of aromatic amines is 1. The summed E-state index contributed by atoms with van der Waals surface area (Å²) in [5, 5.41) is 4.44. The maximum atomic E-state index is 12.1. The van der Waals surface area contributed by atoms with Crippen LogP contribution in [0.3, 0.4) is 0 Å². The highest BCUT2D eigenvalue weighted by Gasteiger charge is 2.11. The van der Waals surface area contributed by atoms with Crippen LogP contribution in [0, 0.1) is 6.92 Å². The molecule has 3 rings (SSSR count). The Bertz CT molecular complexity index is 945. The van der Waals surface area contributed by atoms with E-state index in [9.17, 15) is 4.79 Å². The van der Waals surface area contributed by atoms with Crippen LogP contribution in [0.4, 0.5) is 0 Å². The highest BCUT2D eigenvalue weighted by Crippen LogP contribution is 2.19. The van der Waals surface area contributed by atoms with Crippen LogP contribution in [0.1, 0.15) is 49.7 Å². The van der Waals surface area contributed by atoms with Gasteiger partial charge in [-0.2, -0.15) is 5.10 Å². The van der Waals surface area contributed by atoms with Gasteiger partial charge >= 0.3 is 5.69 Å². The molecule has 148 valence electrons. The molecule has 0 bridgehead atoms. The van der Waals surface area contributed by atoms with Gasteiger partial charge in [-0.1, -0.05) is 42.0 Å². The number of nitrogens with one attached hydrogen (secondary N) is 1. The predicted octanol–water partition coefficient (Wildman–Crippen LogP) is 4.28. The van der Waals surface area contributed by atoms with E-state index in [2.05, 4.69) is 22.2 Å². The van der Waals surface area contributed by atoms with Crippen LogP contribution in [-0.2, 0) is 19.4 Å². The average molecular weight is 380 g/mol. The summed E-state index contributed by atoms with van der Waals surface area (Å²) < 4.78 is 7.35. The fourth-order valence-electron chi connectivity index (χ4n) is 3.03. The second kappa shape index (κ2) is 8.46. The molecule has 0 amide bonds. The third-order valence-corrected chi connectivity index (χ3v) is 4.41. The molecular formula is C23H29N3O2. The molecule has 0 fully saturated rings. The van der Waals surface area contributed by atoms with Crippen molar-refractivity contribution in [2.24, 2.45) is 0 Å². The Kier molecular flexibility index (Phi) is 6.02. The Balaban J connectivity index is 1.52. The van der Waals surface area contributed by atoms with Gasteiger partial charge < -0.3 is 4.74 Å². The number of hydrogen-bond donors (Lipinski definition) is 1. The largest absolute Gasteiger partial charge is 0.488 e. The molecule has 2 aromatic carbocycles. The van der Waals surface area contributed by atoms with Gasteiger partial charge in [-0.05, 0) is 63.8 Å². The molecule has 1 heterocycles. The molecule has 0 aliphatic carbocycles. The van der Waals surface area contributed by atoms with Gasteiger partial charge in [-0.25, -0.2) is 9.48 Å². The van der Waals surface area contributed by atoms with Gasteiger partial charge in [-0.3, -0.25) is 4.98 Å². The average Bonchev–Trinajstić information content (AvgIpc) is 2.97. The van der Waals surface area contributed by atoms with Crippen LogP contribution >= 0.6 is 0 Å². The summed E-state index contributed by atoms with van der Waals surface area (Å²) in [6.45, 7) is 8.66. The monoisotopic (exact) mass is 379 g/mol. The van der Waals surface area contributed by atoms with Crippen molar-refractivity contribution in [3.63, 3.8) is 0 Å². The summed E-state index contributed by atoms with van der Waals surface area (Å²) in [6, 6.07) is 16.4. The first kappa shape index (κ1) is 19.9. The Morgan fingerprint density at radius 2 is 1.61 bits per heavy atom. The third-order valence-electron chi connectivity index (χ3n) is 4.41. The molecule has 0 atom stereocenters. The van der Waals surface area contributed by atoms with E-state index in [1.165, 1.54) is 15.8 Å². The van der Waals surface area contributed by atoms with Crippen molar-refractivity contribution >= 4 is 0 Å². The molecule has 0 saturated carbocycles. The van der Waals surface area contributed by atoms with Crippen molar-refractivity contribution in [3.8, 4) is 5.75 Å². The van der Waals surface area contributed by atoms with Crippen molar-refractivity contribution in [1.29, 1.82) is 0 Å². The normalized spacial score (nSPS) is 11.6. The van der Waals surface area contributed by atoms with E-state index < -0.39 is 0 Å². The van der Waals surface area contributed by atoms with Gasteiger partial charge in [-0.15, -0.1) is 0 Å². The minimum absolute atomic E-state index is 0.153. The van der Waals surface area contributed by atoms with Gasteiger partial charge in [0.05, 0.1) is 6.54 Å². The lowest BCUT2D eigenvalue weighted by Gasteiger charge is -2.21. The van der Waals surface area contributed by atoms with E-state index in [0.29, 0.717) is 6.54 Å². The SMILES string of the molecule is Cc1ccc(Cn2nc(CCCc3ccc(OC(C)(C)C)cc3)[nH]c2=O)cc1. The fourth-order valence-corrected chi connectivity index (χ4v) is 3.03. The fraction of sp³-hybridized carbons (Fsp3) is 0.391. The molecule has 0 spiro atoms. The number of H-pyrrole nitrogens is 1. The number of benzene rings is 2. The van der Waals surface area contributed by atoms with Crippen molar-refractivity contribution in [2.45, 2.75) is 59.1 Å². The van der Waals surface area contributed by atoms with Crippen molar-refractivity contribution in [2.75, 3.05) is 0 Å². The number of ether oxygens (including phenoxy) is 1. The number of aryl methyl sites for hydroxylation is 3. The quantitative estimate of drug-likeness (QED) is 0.666. The Morgan fingerprint density at radius 3 is 2.25 bits per heavy atom. The Labute approximate surface area is 166 Å². The molecule has 0 unspecified atom stereocenters. The van der Waals surface area contributed by atoms with Gasteiger partial charge in [0.15, 0.2) is 0 Å². The van der Waals surface area contributed by atoms with Gasteiger partial charge in [0.1, 0.15) is 17.2 Å². The van der Waals surface area contributed by atoms with Crippen LogP contribution in [0.15, 0.2) is 53.3 Å². The predicted molar refractivity (Wildman–Crippen MR) is 112 cm³/mol. The first-order valence-corrected chi connectivity index (χ1v) is 9.78. The number of hydrogen-bond acceptors (Lipinski definition) is 3. The summed E-state index contributed by atoms with van der Waals surface area (Å²) in [6.07, 6.45) is 2.61. The van der Waals surface area contributed by atoms with Crippen molar-refractivity contribution in [1.82, 2.24) is 14.8 Å². The zero-order valence-corrected chi connectivity index (χ0v) is 17.2. The zero-order valence-electron chi connectivity index (χ0n) is 17.2. The van der Waals surface area contributed by atoms with E-state index in [4.69, 9.17) is 4.74 Å². The first-order chi connectivity index (χ1) is 13.3. The van der Waals surface area contributed by atoms with Crippen molar-refractivity contribution < 1.29 is 4.74 Å². The Morgan fingerprint density at radius 1 is 0.964 bits per heavy atom. The van der Waals surface area contributed by atoms with Crippen LogP contribution in [-0.4, -0.2) is 20.4 Å². The van der Waals surface area contributed by atoms with Crippen LogP contribution in [0.25, 0.3) is 0 Å². The summed E-state index contributed by atoms with van der Waals surface area (Å²) in [4.78, 5) is 15.0. The molecule has 0 saturated heterocycles. The van der Waals surface area contributed by atoms with Crippen molar-refractivity contribution in [3.05, 3.63) is 81.5 Å². The van der Waals surface area contributed by atoms with E-state index in [-0.39, 0.29) is 11.3 Å². The highest BCUT2D eigenvalue weighted by molar-refractivity contribution is 5.28. The van der Waals surface area contributed by atoms with Crippen LogP contribution < -0.4 is 10.4 Å². The minimum Gasteiger partial charge on any atom is -0.488 e. The maximum Gasteiger partial charge on any atom is 0.343 e. The van der Waals surface area contributed by atoms with Gasteiger partial charge in [0.25, 0.3) is 0 Å². The lowest BCUT2D eigenvalue weighted by molar-refractivity contribution is 0.131. The lowest BCUT2D eigenvalue weighted by Crippen LogP contribution is -2.22. The number of aromatic nitrogens is 3. The molecule has 0 aliphatic heterocycles. The molecule has 1 N–H and O–H groups in total. The molecule has 3 aromatic rings. The van der Waals surface area contributed by atoms with E-state index in [1.807, 2.05) is 64.1 Å². The third kappa shape index (κ3) is 5.84. The first-order valence-electron chi connectivity index (χ1n) is 9.78. The zero-order chi connectivity index (χ0) is 20.1. The highest BCUT2D eigenvalue weighted by atomic mass is 16.5. The molecule has 0 radical (unpaired) electrons. The summed E-state index contributed by atoms with van der Waals surface area (Å²) in [7, 11) is 0. The summed E-state index contributed by atoms with van der Waals surface area (Å²) in [5.74, 6) is 1.63. The second-order valence-corrected chi connectivity index (χ2v) is 8.23. The summed E-state index contributed by atoms with van der Waals surface area (Å²) >= 11 is 0. The van der Waals surface area contributed by atoms with Gasteiger partial charge in [0, 0.05) is 6.42 Å². The van der Waals surface area contributed by atoms with E-state index in [1.54, 1.807) is 0 Å². The van der Waals surface area contributed by atoms with Gasteiger partial charge in [0.2, 0.25) is 0 Å². The maximum absolute atomic E-state index is 12.1. The molecule has 28 heavy (non-hydrogen) atoms. The topological polar surface area (TPSA) is 59.9 Å². The lowest BCUT2D eigenvalue weighted by atomic mass is 10.1. The van der Waals surface area contributed by atoms with Crippen LogP contribution in [0.5, 0.6) is 5.75 Å². The van der Waals surface area contributed by atoms with E-state index in [0.717, 1.165) is 36.4 Å². The molecule has 1 aromatic heterocycles. The molecule has 5 heteroatoms. The summed E-state index contributed by atoms with van der Waals surface area (Å²) in [5.41, 5.74) is 3.19. The van der Waals surface area contributed by atoms with E-state index >= 15 is 0 Å². The van der Waals surface area contributed by atoms with Crippen LogP contribution in [0.2, 0.25) is 0 Å². The molecular weight excluding hydrogens is 350 g/mol. The standard InChI is InChI=1S/C23H29N3O2/c1-17-8-10-19(11-9-17)16-26-22(27)24-21(25-26)7-5-6-18-12-14-20(15-13-18)28-23(2,3)4/h8-15H,5-7,16H2,1-4H3,(H,24,25,27). The smallest absolute Gasteiger partial charge is 0.343 e. The minimum atomic E-state index is -0.190. The Hall–Kier alpha value is -2.82. The number of nitrogens with zero attached hydrogens (tertiary/aromatic N) is 2. The molecule has 5 nitrogen and oxygen atoms in total. The number of rotatable bonds is 7. The second-order valence-electron chi connectivity index (χ2n) is 8.23. The molecule has 0 aliphatic rings.